The first kappa shape index (κ1) is 13.5. The van der Waals surface area contributed by atoms with E-state index in [1.807, 2.05) is 48.2 Å². The number of ketones is 1. The standard InChI is InChI=1S/C16H19NO2/c1-3-13-10-17(11-15(13)9-12(2)18)16(19)14-7-5-4-6-8-14/h3-8,15H,9-11H2,1-2H3/b13-3-. The van der Waals surface area contributed by atoms with Crippen LogP contribution < -0.4 is 0 Å². The van der Waals surface area contributed by atoms with E-state index >= 15 is 0 Å². The molecule has 1 unspecified atom stereocenters. The maximum absolute atomic E-state index is 12.4. The Morgan fingerprint density at radius 3 is 2.58 bits per heavy atom. The monoisotopic (exact) mass is 257 g/mol. The molecule has 1 heterocycles. The number of hydrogen-bond donors (Lipinski definition) is 0. The third-order valence-corrected chi connectivity index (χ3v) is 3.55. The van der Waals surface area contributed by atoms with Gasteiger partial charge in [-0.2, -0.15) is 0 Å². The van der Waals surface area contributed by atoms with Gasteiger partial charge in [-0.3, -0.25) is 4.79 Å². The number of allylic oxidation sites excluding steroid dienone is 1. The van der Waals surface area contributed by atoms with Crippen LogP contribution in [0.3, 0.4) is 0 Å². The van der Waals surface area contributed by atoms with Crippen molar-refractivity contribution in [2.45, 2.75) is 20.3 Å². The summed E-state index contributed by atoms with van der Waals surface area (Å²) in [4.78, 5) is 25.5. The molecule has 1 fully saturated rings. The van der Waals surface area contributed by atoms with Crippen LogP contribution in [0.4, 0.5) is 0 Å². The van der Waals surface area contributed by atoms with Crippen LogP contribution in [0.2, 0.25) is 0 Å². The van der Waals surface area contributed by atoms with Gasteiger partial charge in [0.1, 0.15) is 5.78 Å². The zero-order valence-electron chi connectivity index (χ0n) is 11.4. The van der Waals surface area contributed by atoms with Crippen molar-refractivity contribution in [3.05, 3.63) is 47.5 Å². The van der Waals surface area contributed by atoms with Crippen LogP contribution in [-0.4, -0.2) is 29.7 Å². The molecule has 0 saturated carbocycles. The summed E-state index contributed by atoms with van der Waals surface area (Å²) >= 11 is 0. The molecule has 100 valence electrons. The predicted octanol–water partition coefficient (Wildman–Crippen LogP) is 2.68. The van der Waals surface area contributed by atoms with Crippen LogP contribution >= 0.6 is 0 Å². The average Bonchev–Trinajstić information content (AvgIpc) is 2.81. The van der Waals surface area contributed by atoms with E-state index in [2.05, 4.69) is 0 Å². The summed E-state index contributed by atoms with van der Waals surface area (Å²) in [5.74, 6) is 0.416. The first-order valence-corrected chi connectivity index (χ1v) is 6.60. The summed E-state index contributed by atoms with van der Waals surface area (Å²) in [6, 6.07) is 9.29. The van der Waals surface area contributed by atoms with E-state index < -0.39 is 0 Å². The number of benzene rings is 1. The zero-order valence-corrected chi connectivity index (χ0v) is 11.4. The fourth-order valence-corrected chi connectivity index (χ4v) is 2.58. The SMILES string of the molecule is C/C=C1/CN(C(=O)c2ccccc2)CC1CC(C)=O. The Morgan fingerprint density at radius 2 is 2.00 bits per heavy atom. The molecule has 1 aliphatic heterocycles. The van der Waals surface area contributed by atoms with Crippen LogP contribution in [0.15, 0.2) is 42.0 Å². The Bertz CT molecular complexity index is 505. The second kappa shape index (κ2) is 5.83. The number of carbonyl (C=O) groups excluding carboxylic acids is 2. The maximum atomic E-state index is 12.4. The lowest BCUT2D eigenvalue weighted by Gasteiger charge is -2.15. The molecule has 1 amide bonds. The molecule has 0 N–H and O–H groups in total. The van der Waals surface area contributed by atoms with Gasteiger partial charge in [-0.15, -0.1) is 0 Å². The summed E-state index contributed by atoms with van der Waals surface area (Å²) in [7, 11) is 0. The number of amides is 1. The normalized spacial score (nSPS) is 20.8. The van der Waals surface area contributed by atoms with E-state index in [1.54, 1.807) is 6.92 Å². The number of Topliss-reactive ketones (excluding diaryl/α,β-unsaturated/α-hetero) is 1. The molecule has 0 aromatic heterocycles. The number of carbonyl (C=O) groups is 2. The van der Waals surface area contributed by atoms with Crippen molar-refractivity contribution in [3.63, 3.8) is 0 Å². The van der Waals surface area contributed by atoms with E-state index in [4.69, 9.17) is 0 Å². The molecule has 1 aliphatic rings. The van der Waals surface area contributed by atoms with Crippen LogP contribution in [-0.2, 0) is 4.79 Å². The molecule has 0 aliphatic carbocycles. The van der Waals surface area contributed by atoms with Crippen LogP contribution in [0.1, 0.15) is 30.6 Å². The lowest BCUT2D eigenvalue weighted by Crippen LogP contribution is -2.28. The second-order valence-electron chi connectivity index (χ2n) is 5.02. The highest BCUT2D eigenvalue weighted by Crippen LogP contribution is 2.27. The molecule has 1 saturated heterocycles. The smallest absolute Gasteiger partial charge is 0.254 e. The van der Waals surface area contributed by atoms with Gasteiger partial charge in [0.15, 0.2) is 0 Å². The molecule has 0 bridgehead atoms. The van der Waals surface area contributed by atoms with Crippen molar-refractivity contribution in [1.29, 1.82) is 0 Å². The summed E-state index contributed by atoms with van der Waals surface area (Å²) in [5, 5.41) is 0. The van der Waals surface area contributed by atoms with Crippen molar-refractivity contribution in [2.24, 2.45) is 5.92 Å². The Kier molecular flexibility index (Phi) is 4.15. The zero-order chi connectivity index (χ0) is 13.8. The molecular formula is C16H19NO2. The van der Waals surface area contributed by atoms with E-state index in [-0.39, 0.29) is 17.6 Å². The lowest BCUT2D eigenvalue weighted by molar-refractivity contribution is -0.117. The second-order valence-corrected chi connectivity index (χ2v) is 5.02. The summed E-state index contributed by atoms with van der Waals surface area (Å²) in [5.41, 5.74) is 1.90. The van der Waals surface area contributed by atoms with Gasteiger partial charge in [0, 0.05) is 31.0 Å². The molecule has 2 rings (SSSR count). The topological polar surface area (TPSA) is 37.4 Å². The van der Waals surface area contributed by atoms with Gasteiger partial charge in [-0.1, -0.05) is 24.3 Å². The van der Waals surface area contributed by atoms with Gasteiger partial charge in [-0.25, -0.2) is 0 Å². The highest BCUT2D eigenvalue weighted by molar-refractivity contribution is 5.94. The predicted molar refractivity (Wildman–Crippen MR) is 74.9 cm³/mol. The fourth-order valence-electron chi connectivity index (χ4n) is 2.58. The van der Waals surface area contributed by atoms with E-state index in [0.29, 0.717) is 25.1 Å². The van der Waals surface area contributed by atoms with Crippen molar-refractivity contribution in [1.82, 2.24) is 4.90 Å². The Balaban J connectivity index is 2.12. The fraction of sp³-hybridized carbons (Fsp3) is 0.375. The number of hydrogen-bond acceptors (Lipinski definition) is 2. The van der Waals surface area contributed by atoms with Gasteiger partial charge >= 0.3 is 0 Å². The largest absolute Gasteiger partial charge is 0.334 e. The lowest BCUT2D eigenvalue weighted by atomic mass is 9.97. The Labute approximate surface area is 113 Å². The minimum absolute atomic E-state index is 0.0472. The van der Waals surface area contributed by atoms with Crippen LogP contribution in [0, 0.1) is 5.92 Å². The average molecular weight is 257 g/mol. The number of rotatable bonds is 3. The van der Waals surface area contributed by atoms with Gasteiger partial charge in [0.05, 0.1) is 0 Å². The van der Waals surface area contributed by atoms with Crippen LogP contribution in [0.5, 0.6) is 0 Å². The van der Waals surface area contributed by atoms with Crippen molar-refractivity contribution in [2.75, 3.05) is 13.1 Å². The maximum Gasteiger partial charge on any atom is 0.254 e. The number of nitrogens with zero attached hydrogens (tertiary/aromatic N) is 1. The molecule has 1 aromatic rings. The van der Waals surface area contributed by atoms with Crippen molar-refractivity contribution >= 4 is 11.7 Å². The van der Waals surface area contributed by atoms with E-state index in [0.717, 1.165) is 0 Å². The van der Waals surface area contributed by atoms with Gasteiger partial charge in [-0.05, 0) is 31.6 Å². The summed E-state index contributed by atoms with van der Waals surface area (Å²) in [6.45, 7) is 4.86. The van der Waals surface area contributed by atoms with Crippen LogP contribution in [0.25, 0.3) is 0 Å². The minimum Gasteiger partial charge on any atom is -0.334 e. The molecule has 0 spiro atoms. The van der Waals surface area contributed by atoms with Gasteiger partial charge < -0.3 is 9.69 Å². The Hall–Kier alpha value is -1.90. The third kappa shape index (κ3) is 3.11. The van der Waals surface area contributed by atoms with Gasteiger partial charge in [0.2, 0.25) is 0 Å². The van der Waals surface area contributed by atoms with Gasteiger partial charge in [0.25, 0.3) is 5.91 Å². The van der Waals surface area contributed by atoms with E-state index in [1.165, 1.54) is 5.57 Å². The Morgan fingerprint density at radius 1 is 1.32 bits per heavy atom. The molecule has 1 atom stereocenters. The molecule has 1 aromatic carbocycles. The quantitative estimate of drug-likeness (QED) is 0.781. The third-order valence-electron chi connectivity index (χ3n) is 3.55. The molecule has 3 heteroatoms. The highest BCUT2D eigenvalue weighted by Gasteiger charge is 2.30. The minimum atomic E-state index is 0.0472. The molecule has 19 heavy (non-hydrogen) atoms. The highest BCUT2D eigenvalue weighted by atomic mass is 16.2. The van der Waals surface area contributed by atoms with E-state index in [9.17, 15) is 9.59 Å². The molecular weight excluding hydrogens is 238 g/mol. The number of likely N-dealkylation sites (tertiary alicyclic amines) is 1. The van der Waals surface area contributed by atoms with Crippen molar-refractivity contribution < 1.29 is 9.59 Å². The molecule has 0 radical (unpaired) electrons. The first-order valence-electron chi connectivity index (χ1n) is 6.60. The molecule has 3 nitrogen and oxygen atoms in total. The van der Waals surface area contributed by atoms with Crippen molar-refractivity contribution in [3.8, 4) is 0 Å². The first-order chi connectivity index (χ1) is 9.11. The summed E-state index contributed by atoms with van der Waals surface area (Å²) in [6.07, 6.45) is 2.56. The summed E-state index contributed by atoms with van der Waals surface area (Å²) < 4.78 is 0.